The van der Waals surface area contributed by atoms with E-state index < -0.39 is 6.36 Å². The second-order valence-electron chi connectivity index (χ2n) is 2.37. The molecule has 0 radical (unpaired) electrons. The zero-order valence-corrected chi connectivity index (χ0v) is 8.96. The van der Waals surface area contributed by atoms with Crippen molar-refractivity contribution in [3.63, 3.8) is 0 Å². The summed E-state index contributed by atoms with van der Waals surface area (Å²) in [6.07, 6.45) is -3.43. The summed E-state index contributed by atoms with van der Waals surface area (Å²) < 4.78 is 39.9. The summed E-state index contributed by atoms with van der Waals surface area (Å²) in [4.78, 5) is 3.80. The van der Waals surface area contributed by atoms with Crippen LogP contribution in [0.3, 0.4) is 0 Å². The van der Waals surface area contributed by atoms with Crippen LogP contribution in [0, 0.1) is 3.70 Å². The highest BCUT2D eigenvalue weighted by molar-refractivity contribution is 14.1. The maximum Gasteiger partial charge on any atom is 0.573 e. The smallest absolute Gasteiger partial charge is 0.405 e. The van der Waals surface area contributed by atoms with Crippen LogP contribution in [0.15, 0.2) is 12.3 Å². The Kier molecular flexibility index (Phi) is 3.53. The Balaban J connectivity index is 2.99. The number of aromatic nitrogens is 1. The minimum absolute atomic E-state index is 0.0463. The summed E-state index contributed by atoms with van der Waals surface area (Å²) in [5, 5.41) is 0. The lowest BCUT2D eigenvalue weighted by Crippen LogP contribution is -2.19. The minimum Gasteiger partial charge on any atom is -0.405 e. The molecule has 0 saturated carbocycles. The Labute approximate surface area is 91.6 Å². The number of nitrogens with zero attached hydrogens (tertiary/aromatic N) is 1. The van der Waals surface area contributed by atoms with E-state index in [1.807, 2.05) is 0 Å². The molecule has 2 N–H and O–H groups in total. The van der Waals surface area contributed by atoms with Gasteiger partial charge in [0, 0.05) is 24.4 Å². The zero-order chi connectivity index (χ0) is 10.8. The van der Waals surface area contributed by atoms with E-state index in [-0.39, 0.29) is 17.9 Å². The first-order valence-corrected chi connectivity index (χ1v) is 4.60. The SMILES string of the molecule is NCc1cnc(I)cc1OC(F)(F)F. The lowest BCUT2D eigenvalue weighted by molar-refractivity contribution is -0.274. The number of rotatable bonds is 2. The fourth-order valence-corrected chi connectivity index (χ4v) is 1.24. The van der Waals surface area contributed by atoms with E-state index in [4.69, 9.17) is 5.73 Å². The van der Waals surface area contributed by atoms with Crippen molar-refractivity contribution in [1.82, 2.24) is 4.98 Å². The van der Waals surface area contributed by atoms with Gasteiger partial charge in [0.05, 0.1) is 0 Å². The molecule has 78 valence electrons. The van der Waals surface area contributed by atoms with Gasteiger partial charge in [-0.05, 0) is 22.6 Å². The number of ether oxygens (including phenoxy) is 1. The van der Waals surface area contributed by atoms with E-state index in [0.717, 1.165) is 0 Å². The summed E-state index contributed by atoms with van der Waals surface area (Å²) in [6.45, 7) is -0.0463. The van der Waals surface area contributed by atoms with Gasteiger partial charge in [-0.25, -0.2) is 4.98 Å². The maximum atomic E-state index is 11.9. The number of alkyl halides is 3. The molecule has 0 spiro atoms. The minimum atomic E-state index is -4.70. The highest BCUT2D eigenvalue weighted by atomic mass is 127. The third-order valence-corrected chi connectivity index (χ3v) is 1.95. The molecule has 3 nitrogen and oxygen atoms in total. The molecule has 1 rings (SSSR count). The van der Waals surface area contributed by atoms with Gasteiger partial charge >= 0.3 is 6.36 Å². The van der Waals surface area contributed by atoms with Crippen molar-refractivity contribution in [2.75, 3.05) is 0 Å². The molecule has 1 heterocycles. The van der Waals surface area contributed by atoms with Crippen LogP contribution in [0.2, 0.25) is 0 Å². The molecule has 0 aliphatic heterocycles. The van der Waals surface area contributed by atoms with Gasteiger partial charge in [0.1, 0.15) is 9.45 Å². The lowest BCUT2D eigenvalue weighted by atomic mass is 10.2. The van der Waals surface area contributed by atoms with Crippen LogP contribution in [-0.4, -0.2) is 11.3 Å². The highest BCUT2D eigenvalue weighted by Gasteiger charge is 2.32. The van der Waals surface area contributed by atoms with Gasteiger partial charge in [0.2, 0.25) is 0 Å². The monoisotopic (exact) mass is 318 g/mol. The largest absolute Gasteiger partial charge is 0.573 e. The van der Waals surface area contributed by atoms with Crippen LogP contribution in [-0.2, 0) is 6.54 Å². The second kappa shape index (κ2) is 4.30. The summed E-state index contributed by atoms with van der Waals surface area (Å²) in [5.41, 5.74) is 5.45. The average Bonchev–Trinajstić information content (AvgIpc) is 2.01. The van der Waals surface area contributed by atoms with Crippen molar-refractivity contribution in [3.05, 3.63) is 21.5 Å². The predicted molar refractivity (Wildman–Crippen MR) is 51.5 cm³/mol. The van der Waals surface area contributed by atoms with Crippen LogP contribution in [0.25, 0.3) is 0 Å². The van der Waals surface area contributed by atoms with E-state index in [2.05, 4.69) is 9.72 Å². The standard InChI is InChI=1S/C7H6F3IN2O/c8-7(9,10)14-5-1-6(11)13-3-4(5)2-12/h1,3H,2,12H2. The first kappa shape index (κ1) is 11.5. The van der Waals surface area contributed by atoms with Gasteiger partial charge in [0.15, 0.2) is 0 Å². The second-order valence-corrected chi connectivity index (χ2v) is 3.47. The molecule has 0 atom stereocenters. The van der Waals surface area contributed by atoms with Crippen molar-refractivity contribution < 1.29 is 17.9 Å². The summed E-state index contributed by atoms with van der Waals surface area (Å²) in [7, 11) is 0. The summed E-state index contributed by atoms with van der Waals surface area (Å²) >= 11 is 1.79. The number of hydrogen-bond donors (Lipinski definition) is 1. The van der Waals surface area contributed by atoms with E-state index in [0.29, 0.717) is 3.70 Å². The van der Waals surface area contributed by atoms with Crippen LogP contribution >= 0.6 is 22.6 Å². The zero-order valence-electron chi connectivity index (χ0n) is 6.81. The molecule has 0 aliphatic rings. The van der Waals surface area contributed by atoms with E-state index in [1.165, 1.54) is 12.3 Å². The van der Waals surface area contributed by atoms with Crippen LogP contribution in [0.1, 0.15) is 5.56 Å². The molecule has 1 aromatic heterocycles. The predicted octanol–water partition coefficient (Wildman–Crippen LogP) is 2.04. The number of pyridine rings is 1. The van der Waals surface area contributed by atoms with Crippen molar-refractivity contribution in [2.24, 2.45) is 5.73 Å². The van der Waals surface area contributed by atoms with Gasteiger partial charge in [-0.1, -0.05) is 0 Å². The molecule has 14 heavy (non-hydrogen) atoms. The molecule has 0 saturated heterocycles. The Hall–Kier alpha value is -0.570. The number of hydrogen-bond acceptors (Lipinski definition) is 3. The highest BCUT2D eigenvalue weighted by Crippen LogP contribution is 2.26. The lowest BCUT2D eigenvalue weighted by Gasteiger charge is -2.11. The molecular weight excluding hydrogens is 312 g/mol. The molecular formula is C7H6F3IN2O. The molecule has 1 aromatic rings. The summed E-state index contributed by atoms with van der Waals surface area (Å²) in [5.74, 6) is -0.292. The van der Waals surface area contributed by atoms with Gasteiger partial charge in [-0.15, -0.1) is 13.2 Å². The summed E-state index contributed by atoms with van der Waals surface area (Å²) in [6, 6.07) is 1.19. The van der Waals surface area contributed by atoms with Crippen molar-refractivity contribution in [1.29, 1.82) is 0 Å². The number of nitrogens with two attached hydrogens (primary N) is 1. The topological polar surface area (TPSA) is 48.1 Å². The van der Waals surface area contributed by atoms with Gasteiger partial charge < -0.3 is 10.5 Å². The Bertz CT molecular complexity index is 329. The quantitative estimate of drug-likeness (QED) is 0.671. The molecule has 0 unspecified atom stereocenters. The fraction of sp³-hybridized carbons (Fsp3) is 0.286. The molecule has 0 aromatic carbocycles. The van der Waals surface area contributed by atoms with E-state index >= 15 is 0 Å². The Morgan fingerprint density at radius 2 is 2.14 bits per heavy atom. The van der Waals surface area contributed by atoms with Gasteiger partial charge in [-0.3, -0.25) is 0 Å². The van der Waals surface area contributed by atoms with Gasteiger partial charge in [-0.2, -0.15) is 0 Å². The van der Waals surface area contributed by atoms with Crippen molar-refractivity contribution >= 4 is 22.6 Å². The Morgan fingerprint density at radius 3 is 2.64 bits per heavy atom. The maximum absolute atomic E-state index is 11.9. The fourth-order valence-electron chi connectivity index (χ4n) is 0.814. The molecule has 7 heteroatoms. The third-order valence-electron chi connectivity index (χ3n) is 1.36. The van der Waals surface area contributed by atoms with E-state index in [1.54, 1.807) is 22.6 Å². The normalized spacial score (nSPS) is 11.5. The molecule has 0 aliphatic carbocycles. The van der Waals surface area contributed by atoms with Crippen molar-refractivity contribution in [2.45, 2.75) is 12.9 Å². The first-order valence-electron chi connectivity index (χ1n) is 3.52. The Morgan fingerprint density at radius 1 is 1.50 bits per heavy atom. The van der Waals surface area contributed by atoms with Crippen LogP contribution < -0.4 is 10.5 Å². The van der Waals surface area contributed by atoms with E-state index in [9.17, 15) is 13.2 Å². The third kappa shape index (κ3) is 3.29. The first-order chi connectivity index (χ1) is 6.42. The van der Waals surface area contributed by atoms with Crippen LogP contribution in [0.5, 0.6) is 5.75 Å². The van der Waals surface area contributed by atoms with Crippen LogP contribution in [0.4, 0.5) is 13.2 Å². The number of halogens is 4. The van der Waals surface area contributed by atoms with Crippen molar-refractivity contribution in [3.8, 4) is 5.75 Å². The molecule has 0 fully saturated rings. The van der Waals surface area contributed by atoms with Gasteiger partial charge in [0.25, 0.3) is 0 Å². The molecule has 0 amide bonds. The molecule has 0 bridgehead atoms. The average molecular weight is 318 g/mol.